The highest BCUT2D eigenvalue weighted by molar-refractivity contribution is 7.78. The highest BCUT2D eigenvalue weighted by Gasteiger charge is 2.24. The summed E-state index contributed by atoms with van der Waals surface area (Å²) in [6, 6.07) is 24.3. The van der Waals surface area contributed by atoms with Gasteiger partial charge < -0.3 is 63.2 Å². The first-order chi connectivity index (χ1) is 40.1. The summed E-state index contributed by atoms with van der Waals surface area (Å²) in [4.78, 5) is 67.4. The molecule has 0 saturated carbocycles. The maximum atomic E-state index is 14.0. The number of likely N-dealkylation sites (N-methyl/N-ethyl adjacent to an activating group) is 1. The van der Waals surface area contributed by atoms with Crippen molar-refractivity contribution in [3.8, 4) is 11.3 Å². The van der Waals surface area contributed by atoms with Crippen LogP contribution in [0, 0.1) is 0 Å². The maximum absolute atomic E-state index is 14.0. The predicted molar refractivity (Wildman–Crippen MR) is 322 cm³/mol. The molecule has 21 heteroatoms. The van der Waals surface area contributed by atoms with E-state index in [4.69, 9.17) is 42.9 Å². The molecule has 4 amide bonds. The van der Waals surface area contributed by atoms with E-state index in [0.717, 1.165) is 56.6 Å². The van der Waals surface area contributed by atoms with E-state index in [1.165, 1.54) is 5.56 Å². The number of thiol groups is 1. The molecule has 0 bridgehead atoms. The summed E-state index contributed by atoms with van der Waals surface area (Å²) < 4.78 is 46.0. The topological polar surface area (TPSA) is 204 Å². The summed E-state index contributed by atoms with van der Waals surface area (Å²) in [6.45, 7) is 18.4. The summed E-state index contributed by atoms with van der Waals surface area (Å²) >= 11 is 3.54. The number of benzene rings is 3. The molecule has 1 aromatic heterocycles. The van der Waals surface area contributed by atoms with Crippen molar-refractivity contribution in [2.24, 2.45) is 0 Å². The molecule has 4 aromatic rings. The van der Waals surface area contributed by atoms with Crippen LogP contribution in [0.5, 0.6) is 0 Å². The molecule has 3 aromatic carbocycles. The lowest BCUT2D eigenvalue weighted by atomic mass is 9.87. The molecular weight excluding hydrogens is 1070 g/mol. The second-order valence-electron chi connectivity index (χ2n) is 19.5. The highest BCUT2D eigenvalue weighted by Crippen LogP contribution is 2.33. The van der Waals surface area contributed by atoms with Crippen molar-refractivity contribution < 1.29 is 57.1 Å². The highest BCUT2D eigenvalue weighted by atomic mass is 32.1. The van der Waals surface area contributed by atoms with E-state index in [1.54, 1.807) is 61.6 Å². The second-order valence-corrected chi connectivity index (χ2v) is 19.9. The van der Waals surface area contributed by atoms with E-state index < -0.39 is 0 Å². The number of fused-ring (bicyclic) bond motifs is 1. The fraction of sp³-hybridized carbons (Fsp3) is 0.557. The lowest BCUT2D eigenvalue weighted by molar-refractivity contribution is -0.132. The minimum atomic E-state index is -0.382. The number of carbonyl (C=O) groups excluding carboxylic acids is 4. The molecule has 0 spiro atoms. The number of pyridine rings is 1. The molecule has 1 aliphatic carbocycles. The first kappa shape index (κ1) is 67.2. The number of nitrogens with zero attached hydrogens (tertiary/aromatic N) is 5. The van der Waals surface area contributed by atoms with E-state index in [2.05, 4.69) is 64.0 Å². The molecule has 452 valence electrons. The molecule has 3 N–H and O–H groups in total. The number of anilines is 2. The SMILES string of the molecule is CCOCOCCOCCOCCOCCOCCOCCOCCC(=O)N1CCCN(CCN(C)C(=O)c2cccc(C(=O)Nc3ccc(N(CC)CC)cc3-c3cc(C(=O)NC4CCCc5ccccc54)ccn3)c2)CC1.CNS. The van der Waals surface area contributed by atoms with Gasteiger partial charge >= 0.3 is 0 Å². The number of aromatic nitrogens is 1. The van der Waals surface area contributed by atoms with Crippen LogP contribution < -0.4 is 20.3 Å². The Balaban J connectivity index is 0.00000402. The van der Waals surface area contributed by atoms with E-state index in [-0.39, 0.29) is 36.5 Å². The quantitative estimate of drug-likeness (QED) is 0.0210. The van der Waals surface area contributed by atoms with Crippen LogP contribution in [0.2, 0.25) is 0 Å². The Bertz CT molecular complexity index is 2490. The van der Waals surface area contributed by atoms with Gasteiger partial charge in [-0.25, -0.2) is 0 Å². The van der Waals surface area contributed by atoms with Gasteiger partial charge in [-0.1, -0.05) is 43.1 Å². The molecular formula is C61H90N8O12S. The molecule has 1 atom stereocenters. The lowest BCUT2D eigenvalue weighted by Crippen LogP contribution is -2.39. The smallest absolute Gasteiger partial charge is 0.255 e. The number of nitrogens with one attached hydrogen (secondary N) is 3. The third-order valence-electron chi connectivity index (χ3n) is 13.8. The number of rotatable bonds is 36. The van der Waals surface area contributed by atoms with Gasteiger partial charge in [-0.05, 0) is 120 Å². The third-order valence-corrected chi connectivity index (χ3v) is 13.8. The number of hydrogen-bond donors (Lipinski definition) is 4. The predicted octanol–water partition coefficient (Wildman–Crippen LogP) is 6.81. The summed E-state index contributed by atoms with van der Waals surface area (Å²) in [7, 11) is 3.50. The van der Waals surface area contributed by atoms with Gasteiger partial charge in [0.15, 0.2) is 0 Å². The average molecular weight is 1160 g/mol. The first-order valence-corrected chi connectivity index (χ1v) is 29.4. The van der Waals surface area contributed by atoms with Gasteiger partial charge in [-0.15, -0.1) is 0 Å². The van der Waals surface area contributed by atoms with Gasteiger partial charge in [-0.2, -0.15) is 0 Å². The van der Waals surface area contributed by atoms with Crippen molar-refractivity contribution in [1.29, 1.82) is 0 Å². The Morgan fingerprint density at radius 1 is 0.659 bits per heavy atom. The van der Waals surface area contributed by atoms with Crippen molar-refractivity contribution in [2.45, 2.75) is 58.9 Å². The lowest BCUT2D eigenvalue weighted by Gasteiger charge is -2.26. The Labute approximate surface area is 491 Å². The molecule has 1 unspecified atom stereocenters. The van der Waals surface area contributed by atoms with Crippen LogP contribution in [-0.4, -0.2) is 209 Å². The van der Waals surface area contributed by atoms with Crippen molar-refractivity contribution in [3.05, 3.63) is 113 Å². The number of amides is 4. The summed E-state index contributed by atoms with van der Waals surface area (Å²) in [6.07, 6.45) is 5.63. The molecule has 1 saturated heterocycles. The normalized spacial score (nSPS) is 14.3. The first-order valence-electron chi connectivity index (χ1n) is 28.9. The van der Waals surface area contributed by atoms with Crippen LogP contribution in [-0.2, 0) is 49.1 Å². The van der Waals surface area contributed by atoms with Crippen molar-refractivity contribution >= 4 is 47.8 Å². The molecule has 2 aliphatic rings. The van der Waals surface area contributed by atoms with E-state index in [1.807, 2.05) is 42.2 Å². The average Bonchev–Trinajstić information content (AvgIpc) is 3.80. The van der Waals surface area contributed by atoms with E-state index in [0.29, 0.717) is 165 Å². The monoisotopic (exact) mass is 1160 g/mol. The van der Waals surface area contributed by atoms with Crippen LogP contribution in [0.25, 0.3) is 11.3 Å². The van der Waals surface area contributed by atoms with Crippen molar-refractivity contribution in [1.82, 2.24) is 29.7 Å². The fourth-order valence-electron chi connectivity index (χ4n) is 9.39. The molecule has 2 heterocycles. The van der Waals surface area contributed by atoms with Gasteiger partial charge in [-0.3, -0.25) is 33.8 Å². The molecule has 0 radical (unpaired) electrons. The largest absolute Gasteiger partial charge is 0.379 e. The Morgan fingerprint density at radius 2 is 1.28 bits per heavy atom. The second kappa shape index (κ2) is 39.8. The maximum Gasteiger partial charge on any atom is 0.255 e. The van der Waals surface area contributed by atoms with Crippen LogP contribution in [0.15, 0.2) is 85.1 Å². The Morgan fingerprint density at radius 3 is 1.94 bits per heavy atom. The van der Waals surface area contributed by atoms with E-state index in [9.17, 15) is 19.2 Å². The Kier molecular flexibility index (Phi) is 32.7. The summed E-state index contributed by atoms with van der Waals surface area (Å²) in [5.74, 6) is -0.705. The number of ether oxygens (including phenoxy) is 8. The standard InChI is InChI=1S/C60H85N7O12.CH5NS/c1-5-66(6-2)51-19-20-55(53(45-51)56-44-49(21-23-61-56)59(70)62-54-18-11-14-47-13-8-9-17-52(47)54)63-58(69)48-15-10-16-50(43-48)60(71)64(4)26-27-65-24-12-25-67(29-28-65)57(68)22-30-73-31-32-74-33-34-75-35-36-76-37-38-77-39-40-78-41-42-79-46-72-7-3;1-2-3/h8-10,13,15-17,19-21,23,43-45,54H,5-7,11-12,14,18,22,24-42,46H2,1-4H3,(H,62,70)(H,63,69);2-3H,1H3. The fourth-order valence-corrected chi connectivity index (χ4v) is 9.39. The van der Waals surface area contributed by atoms with E-state index >= 15 is 0 Å². The molecule has 1 aliphatic heterocycles. The minimum Gasteiger partial charge on any atom is -0.379 e. The van der Waals surface area contributed by atoms with Crippen LogP contribution in [0.1, 0.15) is 94.7 Å². The van der Waals surface area contributed by atoms with Crippen molar-refractivity contribution in [3.63, 3.8) is 0 Å². The van der Waals surface area contributed by atoms with Gasteiger partial charge in [0.25, 0.3) is 17.7 Å². The van der Waals surface area contributed by atoms with Gasteiger partial charge in [0.2, 0.25) is 5.91 Å². The minimum absolute atomic E-state index is 0.0605. The van der Waals surface area contributed by atoms with Crippen molar-refractivity contribution in [2.75, 3.05) is 176 Å². The van der Waals surface area contributed by atoms with Gasteiger partial charge in [0.05, 0.1) is 110 Å². The Hall–Kier alpha value is -5.56. The summed E-state index contributed by atoms with van der Waals surface area (Å²) in [5.41, 5.74) is 6.33. The van der Waals surface area contributed by atoms with Crippen LogP contribution in [0.4, 0.5) is 11.4 Å². The molecule has 20 nitrogen and oxygen atoms in total. The van der Waals surface area contributed by atoms with Crippen LogP contribution >= 0.6 is 12.8 Å². The zero-order chi connectivity index (χ0) is 58.6. The van der Waals surface area contributed by atoms with Gasteiger partial charge in [0.1, 0.15) is 6.79 Å². The number of carbonyl (C=O) groups is 4. The zero-order valence-corrected chi connectivity index (χ0v) is 49.9. The number of hydrogen-bond acceptors (Lipinski definition) is 17. The molecule has 1 fully saturated rings. The zero-order valence-electron chi connectivity index (χ0n) is 49.0. The third kappa shape index (κ3) is 24.0. The van der Waals surface area contributed by atoms with Gasteiger partial charge in [0, 0.05) is 93.6 Å². The molecule has 6 rings (SSSR count). The molecule has 82 heavy (non-hydrogen) atoms. The number of aryl methyl sites for hydroxylation is 1. The van der Waals surface area contributed by atoms with Crippen LogP contribution in [0.3, 0.4) is 0 Å². The summed E-state index contributed by atoms with van der Waals surface area (Å²) in [5, 5.41) is 6.35.